The maximum Gasteiger partial charge on any atom is 0.194 e. The monoisotopic (exact) mass is 470 g/mol. The van der Waals surface area contributed by atoms with Crippen LogP contribution in [0.2, 0.25) is 0 Å². The second-order valence-corrected chi connectivity index (χ2v) is 8.10. The first-order chi connectivity index (χ1) is 12.1. The number of aliphatic imine (C=N–C) groups is 1. The smallest absolute Gasteiger partial charge is 0.194 e. The predicted octanol–water partition coefficient (Wildman–Crippen LogP) is 4.10. The molecule has 146 valence electrons. The zero-order valence-corrected chi connectivity index (χ0v) is 19.0. The van der Waals surface area contributed by atoms with E-state index in [9.17, 15) is 0 Å². The molecule has 3 rings (SSSR count). The Morgan fingerprint density at radius 2 is 1.77 bits per heavy atom. The van der Waals surface area contributed by atoms with Crippen LogP contribution in [0, 0.1) is 5.41 Å². The third-order valence-corrected chi connectivity index (χ3v) is 5.67. The van der Waals surface area contributed by atoms with Gasteiger partial charge in [-0.25, -0.2) is 4.99 Å². The van der Waals surface area contributed by atoms with Crippen molar-refractivity contribution in [1.29, 1.82) is 0 Å². The number of benzene rings is 1. The summed E-state index contributed by atoms with van der Waals surface area (Å²) < 4.78 is 0. The van der Waals surface area contributed by atoms with E-state index in [1.165, 1.54) is 49.8 Å². The summed E-state index contributed by atoms with van der Waals surface area (Å²) in [6.07, 6.45) is 7.00. The molecule has 1 aliphatic carbocycles. The molecule has 1 heterocycles. The standard InChI is InChI=1S/C21H34N4.HI/c1-4-22-20(25-14-13-21(17-25)11-5-6-12-21)23-15-18-7-9-19(10-8-18)16-24(2)3;/h7-10H,4-6,11-17H2,1-3H3,(H,22,23);1H. The third-order valence-electron chi connectivity index (χ3n) is 5.67. The minimum absolute atomic E-state index is 0. The van der Waals surface area contributed by atoms with Crippen molar-refractivity contribution in [3.8, 4) is 0 Å². The Morgan fingerprint density at radius 3 is 2.38 bits per heavy atom. The quantitative estimate of drug-likeness (QED) is 0.400. The summed E-state index contributed by atoms with van der Waals surface area (Å²) in [4.78, 5) is 9.62. The third kappa shape index (κ3) is 5.59. The van der Waals surface area contributed by atoms with Crippen LogP contribution >= 0.6 is 24.0 Å². The molecular weight excluding hydrogens is 435 g/mol. The molecule has 26 heavy (non-hydrogen) atoms. The lowest BCUT2D eigenvalue weighted by molar-refractivity contribution is 0.309. The molecule has 4 nitrogen and oxygen atoms in total. The number of guanidine groups is 1. The number of halogens is 1. The van der Waals surface area contributed by atoms with Crippen LogP contribution in [0.3, 0.4) is 0 Å². The van der Waals surface area contributed by atoms with Gasteiger partial charge in [-0.15, -0.1) is 24.0 Å². The van der Waals surface area contributed by atoms with Gasteiger partial charge >= 0.3 is 0 Å². The molecule has 0 bridgehead atoms. The van der Waals surface area contributed by atoms with Crippen LogP contribution in [0.15, 0.2) is 29.3 Å². The summed E-state index contributed by atoms with van der Waals surface area (Å²) in [6.45, 7) is 7.20. The average Bonchev–Trinajstić information content (AvgIpc) is 3.23. The van der Waals surface area contributed by atoms with Crippen LogP contribution < -0.4 is 5.32 Å². The maximum absolute atomic E-state index is 4.93. The SMILES string of the molecule is CCNC(=NCc1ccc(CN(C)C)cc1)N1CCC2(CCCC2)C1.I. The Labute approximate surface area is 176 Å². The molecule has 2 fully saturated rings. The fourth-order valence-electron chi connectivity index (χ4n) is 4.36. The van der Waals surface area contributed by atoms with Gasteiger partial charge < -0.3 is 15.1 Å². The summed E-state index contributed by atoms with van der Waals surface area (Å²) in [6, 6.07) is 8.88. The van der Waals surface area contributed by atoms with Crippen molar-refractivity contribution in [2.75, 3.05) is 33.7 Å². The molecule has 1 aliphatic heterocycles. The van der Waals surface area contributed by atoms with E-state index in [2.05, 4.69) is 60.4 Å². The molecule has 5 heteroatoms. The lowest BCUT2D eigenvalue weighted by Crippen LogP contribution is -2.41. The number of rotatable bonds is 5. The van der Waals surface area contributed by atoms with Crippen molar-refractivity contribution in [3.63, 3.8) is 0 Å². The summed E-state index contributed by atoms with van der Waals surface area (Å²) in [5.41, 5.74) is 3.23. The summed E-state index contributed by atoms with van der Waals surface area (Å²) in [5.74, 6) is 1.10. The number of hydrogen-bond donors (Lipinski definition) is 1. The Bertz CT molecular complexity index is 576. The lowest BCUT2D eigenvalue weighted by Gasteiger charge is -2.26. The van der Waals surface area contributed by atoms with Crippen molar-refractivity contribution >= 4 is 29.9 Å². The number of likely N-dealkylation sites (tertiary alicyclic amines) is 1. The zero-order chi connectivity index (χ0) is 17.7. The van der Waals surface area contributed by atoms with Gasteiger partial charge in [0.05, 0.1) is 6.54 Å². The van der Waals surface area contributed by atoms with Crippen molar-refractivity contribution in [2.45, 2.75) is 52.1 Å². The zero-order valence-electron chi connectivity index (χ0n) is 16.6. The van der Waals surface area contributed by atoms with Crippen LogP contribution in [-0.2, 0) is 13.1 Å². The van der Waals surface area contributed by atoms with Gasteiger partial charge in [-0.05, 0) is 56.8 Å². The minimum Gasteiger partial charge on any atom is -0.357 e. The summed E-state index contributed by atoms with van der Waals surface area (Å²) in [5, 5.41) is 3.51. The Hall–Kier alpha value is -0.820. The molecule has 1 saturated carbocycles. The molecule has 1 aromatic rings. The van der Waals surface area contributed by atoms with Gasteiger partial charge in [-0.2, -0.15) is 0 Å². The molecule has 2 aliphatic rings. The van der Waals surface area contributed by atoms with Crippen molar-refractivity contribution in [2.24, 2.45) is 10.4 Å². The van der Waals surface area contributed by atoms with Crippen molar-refractivity contribution in [3.05, 3.63) is 35.4 Å². The van der Waals surface area contributed by atoms with Gasteiger partial charge in [0, 0.05) is 26.2 Å². The van der Waals surface area contributed by atoms with Crippen LogP contribution in [0.25, 0.3) is 0 Å². The average molecular weight is 470 g/mol. The molecule has 1 spiro atoms. The van der Waals surface area contributed by atoms with E-state index in [0.717, 1.165) is 32.1 Å². The highest BCUT2D eigenvalue weighted by Crippen LogP contribution is 2.45. The molecular formula is C21H35IN4. The van der Waals surface area contributed by atoms with E-state index in [1.54, 1.807) is 0 Å². The first kappa shape index (κ1) is 21.5. The lowest BCUT2D eigenvalue weighted by atomic mass is 9.86. The minimum atomic E-state index is 0. The number of hydrogen-bond acceptors (Lipinski definition) is 2. The van der Waals surface area contributed by atoms with Crippen LogP contribution in [0.4, 0.5) is 0 Å². The molecule has 1 N–H and O–H groups in total. The second kappa shape index (κ2) is 9.93. The van der Waals surface area contributed by atoms with E-state index in [-0.39, 0.29) is 24.0 Å². The van der Waals surface area contributed by atoms with E-state index >= 15 is 0 Å². The molecule has 0 unspecified atom stereocenters. The van der Waals surface area contributed by atoms with Gasteiger partial charge in [0.15, 0.2) is 5.96 Å². The highest BCUT2D eigenvalue weighted by atomic mass is 127. The highest BCUT2D eigenvalue weighted by Gasteiger charge is 2.41. The first-order valence-electron chi connectivity index (χ1n) is 9.86. The fraction of sp³-hybridized carbons (Fsp3) is 0.667. The first-order valence-corrected chi connectivity index (χ1v) is 9.86. The van der Waals surface area contributed by atoms with Crippen LogP contribution in [-0.4, -0.2) is 49.5 Å². The Balaban J connectivity index is 0.00000243. The molecule has 0 amide bonds. The molecule has 1 saturated heterocycles. The molecule has 0 radical (unpaired) electrons. The molecule has 0 atom stereocenters. The predicted molar refractivity (Wildman–Crippen MR) is 121 cm³/mol. The summed E-state index contributed by atoms with van der Waals surface area (Å²) in [7, 11) is 4.21. The van der Waals surface area contributed by atoms with Gasteiger partial charge in [0.2, 0.25) is 0 Å². The Morgan fingerprint density at radius 1 is 1.12 bits per heavy atom. The van der Waals surface area contributed by atoms with Gasteiger partial charge in [-0.3, -0.25) is 0 Å². The van der Waals surface area contributed by atoms with Crippen molar-refractivity contribution < 1.29 is 0 Å². The Kier molecular flexibility index (Phi) is 8.20. The fourth-order valence-corrected chi connectivity index (χ4v) is 4.36. The van der Waals surface area contributed by atoms with E-state index < -0.39 is 0 Å². The van der Waals surface area contributed by atoms with Gasteiger partial charge in [-0.1, -0.05) is 37.1 Å². The number of nitrogens with one attached hydrogen (secondary N) is 1. The van der Waals surface area contributed by atoms with Crippen molar-refractivity contribution in [1.82, 2.24) is 15.1 Å². The number of nitrogens with zero attached hydrogens (tertiary/aromatic N) is 3. The normalized spacial score (nSPS) is 19.2. The van der Waals surface area contributed by atoms with E-state index in [1.807, 2.05) is 0 Å². The highest BCUT2D eigenvalue weighted by molar-refractivity contribution is 14.0. The topological polar surface area (TPSA) is 30.9 Å². The maximum atomic E-state index is 4.93. The van der Waals surface area contributed by atoms with Crippen LogP contribution in [0.5, 0.6) is 0 Å². The molecule has 0 aromatic heterocycles. The van der Waals surface area contributed by atoms with Crippen LogP contribution in [0.1, 0.15) is 50.2 Å². The van der Waals surface area contributed by atoms with E-state index in [4.69, 9.17) is 4.99 Å². The summed E-state index contributed by atoms with van der Waals surface area (Å²) >= 11 is 0. The van der Waals surface area contributed by atoms with Gasteiger partial charge in [0.25, 0.3) is 0 Å². The van der Waals surface area contributed by atoms with Gasteiger partial charge in [0.1, 0.15) is 0 Å². The largest absolute Gasteiger partial charge is 0.357 e. The van der Waals surface area contributed by atoms with E-state index in [0.29, 0.717) is 5.41 Å². The second-order valence-electron chi connectivity index (χ2n) is 8.10. The molecule has 1 aromatic carbocycles.